The van der Waals surface area contributed by atoms with Crippen LogP contribution in [0.2, 0.25) is 0 Å². The minimum atomic E-state index is -0.500. The predicted molar refractivity (Wildman–Crippen MR) is 61.7 cm³/mol. The number of halogens is 1. The summed E-state index contributed by atoms with van der Waals surface area (Å²) in [6.07, 6.45) is 1.82. The van der Waals surface area contributed by atoms with Crippen LogP contribution in [0.25, 0.3) is 0 Å². The third-order valence-corrected chi connectivity index (χ3v) is 2.49. The molecule has 0 unspecified atom stereocenters. The SMILES string of the molecule is O=C(Nc1ccc(C#CCO)c(F)c1)C1CC1. The van der Waals surface area contributed by atoms with Crippen molar-refractivity contribution in [1.29, 1.82) is 0 Å². The Labute approximate surface area is 98.7 Å². The second-order valence-corrected chi connectivity index (χ2v) is 3.92. The van der Waals surface area contributed by atoms with E-state index in [0.29, 0.717) is 5.69 Å². The fourth-order valence-electron chi connectivity index (χ4n) is 1.42. The van der Waals surface area contributed by atoms with Crippen molar-refractivity contribution in [1.82, 2.24) is 0 Å². The molecular weight excluding hydrogens is 221 g/mol. The fourth-order valence-corrected chi connectivity index (χ4v) is 1.42. The summed E-state index contributed by atoms with van der Waals surface area (Å²) < 4.78 is 13.5. The van der Waals surface area contributed by atoms with Crippen LogP contribution in [0, 0.1) is 23.6 Å². The van der Waals surface area contributed by atoms with E-state index >= 15 is 0 Å². The maximum absolute atomic E-state index is 13.5. The zero-order valence-corrected chi connectivity index (χ0v) is 9.16. The predicted octanol–water partition coefficient (Wildman–Crippen LogP) is 1.52. The van der Waals surface area contributed by atoms with Crippen molar-refractivity contribution in [3.8, 4) is 11.8 Å². The summed E-state index contributed by atoms with van der Waals surface area (Å²) in [6.45, 7) is -0.306. The zero-order valence-electron chi connectivity index (χ0n) is 9.16. The second-order valence-electron chi connectivity index (χ2n) is 3.92. The summed E-state index contributed by atoms with van der Waals surface area (Å²) >= 11 is 0. The highest BCUT2D eigenvalue weighted by molar-refractivity contribution is 5.94. The number of hydrogen-bond acceptors (Lipinski definition) is 2. The first-order chi connectivity index (χ1) is 8.20. The van der Waals surface area contributed by atoms with Crippen LogP contribution in [-0.2, 0) is 4.79 Å². The standard InChI is InChI=1S/C13H12FNO2/c14-12-8-11(15-13(17)10-3-4-10)6-5-9(12)2-1-7-16/h5-6,8,10,16H,3-4,7H2,(H,15,17). The largest absolute Gasteiger partial charge is 0.384 e. The molecule has 0 saturated heterocycles. The molecule has 3 nitrogen and oxygen atoms in total. The summed E-state index contributed by atoms with van der Waals surface area (Å²) in [5, 5.41) is 11.2. The van der Waals surface area contributed by atoms with E-state index in [1.807, 2.05) is 0 Å². The Balaban J connectivity index is 2.09. The summed E-state index contributed by atoms with van der Waals surface area (Å²) in [7, 11) is 0. The van der Waals surface area contributed by atoms with Gasteiger partial charge in [-0.15, -0.1) is 0 Å². The third kappa shape index (κ3) is 3.05. The zero-order chi connectivity index (χ0) is 12.3. The highest BCUT2D eigenvalue weighted by Crippen LogP contribution is 2.30. The van der Waals surface area contributed by atoms with E-state index in [1.54, 1.807) is 6.07 Å². The van der Waals surface area contributed by atoms with Crippen molar-refractivity contribution < 1.29 is 14.3 Å². The average molecular weight is 233 g/mol. The van der Waals surface area contributed by atoms with Crippen LogP contribution in [0.1, 0.15) is 18.4 Å². The lowest BCUT2D eigenvalue weighted by Crippen LogP contribution is -2.13. The molecule has 0 bridgehead atoms. The van der Waals surface area contributed by atoms with Crippen LogP contribution in [0.4, 0.5) is 10.1 Å². The molecule has 0 atom stereocenters. The quantitative estimate of drug-likeness (QED) is 0.761. The lowest BCUT2D eigenvalue weighted by atomic mass is 10.2. The Bertz CT molecular complexity index is 498. The Kier molecular flexibility index (Phi) is 3.40. The minimum Gasteiger partial charge on any atom is -0.384 e. The van der Waals surface area contributed by atoms with Gasteiger partial charge < -0.3 is 10.4 Å². The summed E-state index contributed by atoms with van der Waals surface area (Å²) in [6, 6.07) is 4.33. The molecule has 17 heavy (non-hydrogen) atoms. The Morgan fingerprint density at radius 2 is 2.29 bits per heavy atom. The van der Waals surface area contributed by atoms with Crippen molar-refractivity contribution in [3.63, 3.8) is 0 Å². The molecule has 1 amide bonds. The second kappa shape index (κ2) is 4.98. The van der Waals surface area contributed by atoms with E-state index in [0.717, 1.165) is 12.8 Å². The molecule has 2 N–H and O–H groups in total. The monoisotopic (exact) mass is 233 g/mol. The molecule has 0 aromatic heterocycles. The van der Waals surface area contributed by atoms with Gasteiger partial charge in [-0.25, -0.2) is 4.39 Å². The number of carbonyl (C=O) groups excluding carboxylic acids is 1. The van der Waals surface area contributed by atoms with Crippen LogP contribution < -0.4 is 5.32 Å². The highest BCUT2D eigenvalue weighted by Gasteiger charge is 2.29. The van der Waals surface area contributed by atoms with E-state index < -0.39 is 5.82 Å². The minimum absolute atomic E-state index is 0.0569. The first-order valence-corrected chi connectivity index (χ1v) is 5.41. The molecule has 0 radical (unpaired) electrons. The van der Waals surface area contributed by atoms with Crippen molar-refractivity contribution in [2.75, 3.05) is 11.9 Å². The Morgan fingerprint density at radius 3 is 2.88 bits per heavy atom. The topological polar surface area (TPSA) is 49.3 Å². The number of hydrogen-bond donors (Lipinski definition) is 2. The molecule has 0 spiro atoms. The molecule has 1 aliphatic carbocycles. The number of carbonyl (C=O) groups is 1. The number of aliphatic hydroxyl groups excluding tert-OH is 1. The van der Waals surface area contributed by atoms with Gasteiger partial charge in [0.1, 0.15) is 12.4 Å². The molecule has 0 aliphatic heterocycles. The van der Waals surface area contributed by atoms with Crippen molar-refractivity contribution in [3.05, 3.63) is 29.6 Å². The smallest absolute Gasteiger partial charge is 0.227 e. The highest BCUT2D eigenvalue weighted by atomic mass is 19.1. The van der Waals surface area contributed by atoms with Crippen molar-refractivity contribution in [2.45, 2.75) is 12.8 Å². The van der Waals surface area contributed by atoms with Gasteiger partial charge in [-0.2, -0.15) is 0 Å². The number of aliphatic hydroxyl groups is 1. The van der Waals surface area contributed by atoms with Crippen molar-refractivity contribution >= 4 is 11.6 Å². The van der Waals surface area contributed by atoms with Gasteiger partial charge in [-0.05, 0) is 31.0 Å². The van der Waals surface area contributed by atoms with Gasteiger partial charge in [0.15, 0.2) is 0 Å². The van der Waals surface area contributed by atoms with Gasteiger partial charge >= 0.3 is 0 Å². The normalized spacial score (nSPS) is 13.8. The summed E-state index contributed by atoms with van der Waals surface area (Å²) in [5.74, 6) is 4.40. The third-order valence-electron chi connectivity index (χ3n) is 2.49. The van der Waals surface area contributed by atoms with E-state index in [1.165, 1.54) is 12.1 Å². The molecule has 88 valence electrons. The van der Waals surface area contributed by atoms with Crippen LogP contribution in [0.15, 0.2) is 18.2 Å². The van der Waals surface area contributed by atoms with E-state index in [2.05, 4.69) is 17.2 Å². The Morgan fingerprint density at radius 1 is 1.53 bits per heavy atom. The first kappa shape index (κ1) is 11.6. The summed E-state index contributed by atoms with van der Waals surface area (Å²) in [4.78, 5) is 11.4. The van der Waals surface area contributed by atoms with Gasteiger partial charge in [0.05, 0.1) is 5.56 Å². The van der Waals surface area contributed by atoms with Gasteiger partial charge in [0.2, 0.25) is 5.91 Å². The summed E-state index contributed by atoms with van der Waals surface area (Å²) in [5.41, 5.74) is 0.650. The van der Waals surface area contributed by atoms with Gasteiger partial charge in [-0.3, -0.25) is 4.79 Å². The van der Waals surface area contributed by atoms with Crippen LogP contribution >= 0.6 is 0 Å². The fraction of sp³-hybridized carbons (Fsp3) is 0.308. The van der Waals surface area contributed by atoms with Gasteiger partial charge in [0.25, 0.3) is 0 Å². The van der Waals surface area contributed by atoms with Crippen LogP contribution in [-0.4, -0.2) is 17.6 Å². The molecule has 1 aliphatic rings. The molecule has 1 saturated carbocycles. The Hall–Kier alpha value is -1.86. The number of rotatable bonds is 2. The molecule has 1 aromatic rings. The maximum Gasteiger partial charge on any atom is 0.227 e. The molecule has 1 fully saturated rings. The van der Waals surface area contributed by atoms with Crippen LogP contribution in [0.3, 0.4) is 0 Å². The molecule has 1 aromatic carbocycles. The van der Waals surface area contributed by atoms with Crippen molar-refractivity contribution in [2.24, 2.45) is 5.92 Å². The van der Waals surface area contributed by atoms with E-state index in [-0.39, 0.29) is 24.0 Å². The first-order valence-electron chi connectivity index (χ1n) is 5.41. The maximum atomic E-state index is 13.5. The van der Waals surface area contributed by atoms with E-state index in [9.17, 15) is 9.18 Å². The number of benzene rings is 1. The number of nitrogens with one attached hydrogen (secondary N) is 1. The van der Waals surface area contributed by atoms with Crippen LogP contribution in [0.5, 0.6) is 0 Å². The molecular formula is C13H12FNO2. The molecule has 2 rings (SSSR count). The molecule has 0 heterocycles. The average Bonchev–Trinajstić information content (AvgIpc) is 3.11. The number of amides is 1. The van der Waals surface area contributed by atoms with Gasteiger partial charge in [0, 0.05) is 11.6 Å². The van der Waals surface area contributed by atoms with Gasteiger partial charge in [-0.1, -0.05) is 11.8 Å². The van der Waals surface area contributed by atoms with E-state index in [4.69, 9.17) is 5.11 Å². The lowest BCUT2D eigenvalue weighted by Gasteiger charge is -2.04. The lowest BCUT2D eigenvalue weighted by molar-refractivity contribution is -0.117. The molecule has 4 heteroatoms. The number of anilines is 1.